The zero-order valence-corrected chi connectivity index (χ0v) is 7.36. The van der Waals surface area contributed by atoms with Gasteiger partial charge in [-0.3, -0.25) is 0 Å². The molecule has 13 heavy (non-hydrogen) atoms. The number of fused-ring (bicyclic) bond motifs is 1. The van der Waals surface area contributed by atoms with Crippen molar-refractivity contribution in [3.8, 4) is 5.75 Å². The van der Waals surface area contributed by atoms with Crippen molar-refractivity contribution >= 4 is 5.69 Å². The van der Waals surface area contributed by atoms with Crippen LogP contribution in [0.5, 0.6) is 5.75 Å². The number of hydrogen-bond donors (Lipinski definition) is 2. The number of aliphatic hydroxyl groups is 1. The normalized spacial score (nSPS) is 20.5. The molecule has 0 aromatic heterocycles. The van der Waals surface area contributed by atoms with Gasteiger partial charge >= 0.3 is 0 Å². The van der Waals surface area contributed by atoms with E-state index in [0.717, 1.165) is 17.7 Å². The minimum atomic E-state index is 0.175. The molecular formula is C10H13NO2. The molecule has 1 unspecified atom stereocenters. The Morgan fingerprint density at radius 3 is 3.15 bits per heavy atom. The molecule has 0 saturated carbocycles. The number of nitrogens with two attached hydrogens (primary N) is 1. The van der Waals surface area contributed by atoms with Gasteiger partial charge in [-0.15, -0.1) is 0 Å². The first-order valence-corrected chi connectivity index (χ1v) is 4.42. The summed E-state index contributed by atoms with van der Waals surface area (Å²) in [6.45, 7) is 0.742. The van der Waals surface area contributed by atoms with Crippen molar-refractivity contribution < 1.29 is 9.84 Å². The van der Waals surface area contributed by atoms with Crippen LogP contribution in [0.1, 0.15) is 5.56 Å². The van der Waals surface area contributed by atoms with Gasteiger partial charge in [0.15, 0.2) is 0 Å². The van der Waals surface area contributed by atoms with E-state index in [-0.39, 0.29) is 12.5 Å². The fourth-order valence-corrected chi connectivity index (χ4v) is 1.63. The minimum absolute atomic E-state index is 0.175. The van der Waals surface area contributed by atoms with Crippen molar-refractivity contribution in [3.05, 3.63) is 23.8 Å². The monoisotopic (exact) mass is 179 g/mol. The lowest BCUT2D eigenvalue weighted by Gasteiger charge is -2.24. The van der Waals surface area contributed by atoms with Crippen LogP contribution in [0.2, 0.25) is 0 Å². The Balaban J connectivity index is 2.31. The minimum Gasteiger partial charge on any atom is -0.491 e. The summed E-state index contributed by atoms with van der Waals surface area (Å²) >= 11 is 0. The summed E-state index contributed by atoms with van der Waals surface area (Å²) < 4.78 is 5.47. The maximum atomic E-state index is 8.97. The van der Waals surface area contributed by atoms with E-state index in [2.05, 4.69) is 0 Å². The molecule has 1 aromatic carbocycles. The van der Waals surface area contributed by atoms with Crippen molar-refractivity contribution in [1.29, 1.82) is 0 Å². The van der Waals surface area contributed by atoms with Crippen LogP contribution in [0, 0.1) is 5.92 Å². The molecule has 1 heterocycles. The Morgan fingerprint density at radius 1 is 1.54 bits per heavy atom. The van der Waals surface area contributed by atoms with Crippen LogP contribution >= 0.6 is 0 Å². The van der Waals surface area contributed by atoms with E-state index in [0.29, 0.717) is 12.3 Å². The van der Waals surface area contributed by atoms with Crippen LogP contribution in [0.3, 0.4) is 0 Å². The lowest BCUT2D eigenvalue weighted by atomic mass is 9.97. The number of hydrogen-bond acceptors (Lipinski definition) is 3. The zero-order chi connectivity index (χ0) is 9.26. The van der Waals surface area contributed by atoms with Crippen LogP contribution in [-0.2, 0) is 6.42 Å². The summed E-state index contributed by atoms with van der Waals surface area (Å²) in [7, 11) is 0. The first-order valence-electron chi connectivity index (χ1n) is 4.42. The largest absolute Gasteiger partial charge is 0.491 e. The van der Waals surface area contributed by atoms with Gasteiger partial charge in [0.05, 0.1) is 12.3 Å². The van der Waals surface area contributed by atoms with Gasteiger partial charge in [0.2, 0.25) is 0 Å². The zero-order valence-electron chi connectivity index (χ0n) is 7.36. The highest BCUT2D eigenvalue weighted by Gasteiger charge is 2.20. The molecule has 0 aliphatic carbocycles. The molecule has 0 amide bonds. The van der Waals surface area contributed by atoms with Gasteiger partial charge in [0, 0.05) is 12.5 Å². The number of para-hydroxylation sites is 1. The molecule has 0 bridgehead atoms. The molecular weight excluding hydrogens is 166 g/mol. The van der Waals surface area contributed by atoms with E-state index in [9.17, 15) is 0 Å². The van der Waals surface area contributed by atoms with E-state index in [4.69, 9.17) is 15.6 Å². The number of aliphatic hydroxyl groups excluding tert-OH is 1. The van der Waals surface area contributed by atoms with Crippen molar-refractivity contribution in [2.45, 2.75) is 6.42 Å². The van der Waals surface area contributed by atoms with Crippen LogP contribution in [0.25, 0.3) is 0 Å². The van der Waals surface area contributed by atoms with Crippen molar-refractivity contribution in [2.75, 3.05) is 18.9 Å². The Hall–Kier alpha value is -1.22. The first kappa shape index (κ1) is 8.38. The van der Waals surface area contributed by atoms with Gasteiger partial charge in [0.25, 0.3) is 0 Å². The number of nitrogen functional groups attached to an aromatic ring is 1. The van der Waals surface area contributed by atoms with E-state index >= 15 is 0 Å². The molecule has 3 nitrogen and oxygen atoms in total. The third-order valence-corrected chi connectivity index (χ3v) is 2.36. The summed E-state index contributed by atoms with van der Waals surface area (Å²) in [6.07, 6.45) is 0.858. The van der Waals surface area contributed by atoms with Crippen LogP contribution < -0.4 is 10.5 Å². The highest BCUT2D eigenvalue weighted by molar-refractivity contribution is 5.57. The first-order chi connectivity index (χ1) is 6.31. The van der Waals surface area contributed by atoms with Gasteiger partial charge in [-0.25, -0.2) is 0 Å². The molecule has 0 spiro atoms. The molecule has 3 N–H and O–H groups in total. The smallest absolute Gasteiger partial charge is 0.145 e. The van der Waals surface area contributed by atoms with E-state index in [1.165, 1.54) is 0 Å². The average molecular weight is 179 g/mol. The molecule has 3 heteroatoms. The topological polar surface area (TPSA) is 55.5 Å². The molecule has 2 rings (SSSR count). The van der Waals surface area contributed by atoms with Crippen molar-refractivity contribution in [2.24, 2.45) is 5.92 Å². The lowest BCUT2D eigenvalue weighted by Crippen LogP contribution is -2.24. The molecule has 0 fully saturated rings. The average Bonchev–Trinajstić information content (AvgIpc) is 2.18. The Morgan fingerprint density at radius 2 is 2.38 bits per heavy atom. The number of ether oxygens (including phenoxy) is 1. The fraction of sp³-hybridized carbons (Fsp3) is 0.400. The predicted octanol–water partition coefficient (Wildman–Crippen LogP) is 0.812. The van der Waals surface area contributed by atoms with Gasteiger partial charge in [-0.2, -0.15) is 0 Å². The maximum Gasteiger partial charge on any atom is 0.145 e. The van der Waals surface area contributed by atoms with Gasteiger partial charge in [-0.05, 0) is 18.1 Å². The van der Waals surface area contributed by atoms with Crippen LogP contribution in [0.4, 0.5) is 5.69 Å². The Labute approximate surface area is 77.1 Å². The SMILES string of the molecule is Nc1cccc2c1OCC(CO)C2. The summed E-state index contributed by atoms with van der Waals surface area (Å²) in [5, 5.41) is 8.97. The lowest BCUT2D eigenvalue weighted by molar-refractivity contribution is 0.147. The van der Waals surface area contributed by atoms with Crippen molar-refractivity contribution in [3.63, 3.8) is 0 Å². The number of benzene rings is 1. The fourth-order valence-electron chi connectivity index (χ4n) is 1.63. The summed E-state index contributed by atoms with van der Waals surface area (Å²) in [6, 6.07) is 5.74. The predicted molar refractivity (Wildman–Crippen MR) is 50.6 cm³/mol. The highest BCUT2D eigenvalue weighted by Crippen LogP contribution is 2.32. The molecule has 0 saturated heterocycles. The van der Waals surface area contributed by atoms with E-state index in [1.807, 2.05) is 18.2 Å². The van der Waals surface area contributed by atoms with Crippen LogP contribution in [0.15, 0.2) is 18.2 Å². The molecule has 1 atom stereocenters. The molecule has 70 valence electrons. The second-order valence-corrected chi connectivity index (χ2v) is 3.40. The number of anilines is 1. The van der Waals surface area contributed by atoms with Gasteiger partial charge in [-0.1, -0.05) is 12.1 Å². The second kappa shape index (κ2) is 3.26. The summed E-state index contributed by atoms with van der Waals surface area (Å²) in [5.74, 6) is 1.02. The van der Waals surface area contributed by atoms with Gasteiger partial charge < -0.3 is 15.6 Å². The third kappa shape index (κ3) is 1.47. The molecule has 1 aliphatic heterocycles. The molecule has 1 aliphatic rings. The van der Waals surface area contributed by atoms with E-state index < -0.39 is 0 Å². The standard InChI is InChI=1S/C10H13NO2/c11-9-3-1-2-8-4-7(5-12)6-13-10(8)9/h1-3,7,12H,4-6,11H2. The highest BCUT2D eigenvalue weighted by atomic mass is 16.5. The Bertz CT molecular complexity index is 312. The molecule has 0 radical (unpaired) electrons. The maximum absolute atomic E-state index is 8.97. The van der Waals surface area contributed by atoms with Crippen LogP contribution in [-0.4, -0.2) is 18.3 Å². The third-order valence-electron chi connectivity index (χ3n) is 2.36. The number of rotatable bonds is 1. The van der Waals surface area contributed by atoms with E-state index in [1.54, 1.807) is 0 Å². The summed E-state index contributed by atoms with van der Waals surface area (Å²) in [5.41, 5.74) is 7.53. The molecule has 1 aromatic rings. The Kier molecular flexibility index (Phi) is 2.10. The quantitative estimate of drug-likeness (QED) is 0.627. The second-order valence-electron chi connectivity index (χ2n) is 3.40. The van der Waals surface area contributed by atoms with Gasteiger partial charge in [0.1, 0.15) is 5.75 Å². The summed E-state index contributed by atoms with van der Waals surface area (Å²) in [4.78, 5) is 0. The van der Waals surface area contributed by atoms with Crippen molar-refractivity contribution in [1.82, 2.24) is 0 Å².